The van der Waals surface area contributed by atoms with Crippen LogP contribution in [-0.4, -0.2) is 40.9 Å². The monoisotopic (exact) mass is 301 g/mol. The Morgan fingerprint density at radius 1 is 1.05 bits per heavy atom. The number of carboxylic acid groups (broad SMARTS) is 1. The van der Waals surface area contributed by atoms with Gasteiger partial charge in [0.1, 0.15) is 0 Å². The summed E-state index contributed by atoms with van der Waals surface area (Å²) < 4.78 is 26.3. The van der Waals surface area contributed by atoms with Crippen molar-refractivity contribution in [2.75, 3.05) is 13.1 Å². The largest absolute Gasteiger partial charge is 0.481 e. The molecule has 3 aliphatic rings. The lowest BCUT2D eigenvalue weighted by Gasteiger charge is -2.30. The molecule has 0 radical (unpaired) electrons. The fourth-order valence-corrected chi connectivity index (χ4v) is 3.82. The van der Waals surface area contributed by atoms with E-state index in [1.54, 1.807) is 4.90 Å². The minimum absolute atomic E-state index is 0.0523. The average Bonchev–Trinajstić information content (AvgIpc) is 3.16. The molecule has 3 fully saturated rings. The predicted octanol–water partition coefficient (Wildman–Crippen LogP) is 2.38. The lowest BCUT2D eigenvalue weighted by molar-refractivity contribution is -0.143. The maximum atomic E-state index is 13.2. The van der Waals surface area contributed by atoms with Crippen LogP contribution in [0.1, 0.15) is 38.5 Å². The van der Waals surface area contributed by atoms with Crippen LogP contribution in [-0.2, 0) is 9.59 Å². The van der Waals surface area contributed by atoms with Crippen molar-refractivity contribution in [2.45, 2.75) is 44.4 Å². The number of nitrogens with zero attached hydrogens (tertiary/aromatic N) is 1. The van der Waals surface area contributed by atoms with Crippen molar-refractivity contribution in [3.8, 4) is 0 Å². The summed E-state index contributed by atoms with van der Waals surface area (Å²) in [6.07, 6.45) is 2.07. The molecule has 0 aromatic rings. The number of carbonyl (C=O) groups excluding carboxylic acids is 1. The summed E-state index contributed by atoms with van der Waals surface area (Å²) in [6, 6.07) is 0. The van der Waals surface area contributed by atoms with Crippen LogP contribution in [0.25, 0.3) is 0 Å². The smallest absolute Gasteiger partial charge is 0.308 e. The molecule has 6 heteroatoms. The lowest BCUT2D eigenvalue weighted by Crippen LogP contribution is -2.38. The highest BCUT2D eigenvalue weighted by Crippen LogP contribution is 2.45. The Balaban J connectivity index is 1.62. The number of alkyl halides is 2. The molecule has 3 rings (SSSR count). The molecule has 2 saturated carbocycles. The van der Waals surface area contributed by atoms with Crippen molar-refractivity contribution >= 4 is 11.9 Å². The predicted molar refractivity (Wildman–Crippen MR) is 70.8 cm³/mol. The van der Waals surface area contributed by atoms with E-state index in [1.807, 2.05) is 0 Å². The average molecular weight is 301 g/mol. The van der Waals surface area contributed by atoms with Crippen LogP contribution in [0.2, 0.25) is 0 Å². The second-order valence-corrected chi connectivity index (χ2v) is 6.82. The maximum Gasteiger partial charge on any atom is 0.308 e. The number of hydrogen-bond donors (Lipinski definition) is 1. The highest BCUT2D eigenvalue weighted by Gasteiger charge is 2.48. The van der Waals surface area contributed by atoms with E-state index < -0.39 is 17.8 Å². The zero-order valence-electron chi connectivity index (χ0n) is 11.9. The number of aliphatic carboxylic acids is 1. The molecule has 0 aromatic carbocycles. The maximum absolute atomic E-state index is 13.2. The molecule has 0 aromatic heterocycles. The van der Waals surface area contributed by atoms with Gasteiger partial charge in [0.2, 0.25) is 11.8 Å². The van der Waals surface area contributed by atoms with E-state index in [4.69, 9.17) is 0 Å². The number of carbonyl (C=O) groups is 2. The fraction of sp³-hybridized carbons (Fsp3) is 0.867. The molecule has 1 aliphatic heterocycles. The Hall–Kier alpha value is -1.20. The third-order valence-corrected chi connectivity index (χ3v) is 5.29. The van der Waals surface area contributed by atoms with Gasteiger partial charge < -0.3 is 10.0 Å². The zero-order valence-corrected chi connectivity index (χ0v) is 11.9. The van der Waals surface area contributed by atoms with Crippen LogP contribution < -0.4 is 0 Å². The number of likely N-dealkylation sites (tertiary alicyclic amines) is 1. The van der Waals surface area contributed by atoms with Gasteiger partial charge in [0.25, 0.3) is 0 Å². The Morgan fingerprint density at radius 3 is 2.19 bits per heavy atom. The van der Waals surface area contributed by atoms with Crippen molar-refractivity contribution in [2.24, 2.45) is 23.7 Å². The van der Waals surface area contributed by atoms with Crippen molar-refractivity contribution < 1.29 is 23.5 Å². The summed E-state index contributed by atoms with van der Waals surface area (Å²) in [5.41, 5.74) is 0. The Bertz CT molecular complexity index is 440. The zero-order chi connectivity index (χ0) is 15.2. The number of amides is 1. The molecular formula is C15H21F2NO3. The minimum Gasteiger partial charge on any atom is -0.481 e. The number of carboxylic acids is 1. The van der Waals surface area contributed by atoms with Crippen molar-refractivity contribution in [1.82, 2.24) is 4.90 Å². The van der Waals surface area contributed by atoms with Gasteiger partial charge in [-0.15, -0.1) is 0 Å². The Morgan fingerprint density at radius 2 is 1.67 bits per heavy atom. The molecule has 1 saturated heterocycles. The third-order valence-electron chi connectivity index (χ3n) is 5.29. The Labute approximate surface area is 122 Å². The summed E-state index contributed by atoms with van der Waals surface area (Å²) in [6.45, 7) is 0.746. The van der Waals surface area contributed by atoms with Crippen LogP contribution in [0.5, 0.6) is 0 Å². The molecule has 1 amide bonds. The normalized spacial score (nSPS) is 33.1. The summed E-state index contributed by atoms with van der Waals surface area (Å²) in [7, 11) is 0. The first-order valence-corrected chi connectivity index (χ1v) is 7.77. The first kappa shape index (κ1) is 14.7. The van der Waals surface area contributed by atoms with Crippen LogP contribution in [0.4, 0.5) is 8.78 Å². The van der Waals surface area contributed by atoms with Gasteiger partial charge in [-0.05, 0) is 37.5 Å². The van der Waals surface area contributed by atoms with Gasteiger partial charge >= 0.3 is 5.97 Å². The molecule has 4 nitrogen and oxygen atoms in total. The van der Waals surface area contributed by atoms with Crippen LogP contribution in [0.15, 0.2) is 0 Å². The van der Waals surface area contributed by atoms with Gasteiger partial charge in [0.05, 0.1) is 5.92 Å². The Kier molecular flexibility index (Phi) is 3.66. The summed E-state index contributed by atoms with van der Waals surface area (Å²) in [5.74, 6) is -3.93. The standard InChI is InChI=1S/C15H21F2NO3/c16-15(17)5-3-10(4-6-15)13(19)18-7-11(9-1-2-9)12(8-18)14(20)21/h9-12H,1-8H2,(H,20,21)/t11-,12+/m1/s1. The van der Waals surface area contributed by atoms with Crippen molar-refractivity contribution in [3.63, 3.8) is 0 Å². The molecule has 1 N–H and O–H groups in total. The highest BCUT2D eigenvalue weighted by atomic mass is 19.3. The molecule has 1 heterocycles. The highest BCUT2D eigenvalue weighted by molar-refractivity contribution is 5.81. The SMILES string of the molecule is O=C(O)[C@H]1CN(C(=O)C2CCC(F)(F)CC2)C[C@@H]1C1CC1. The van der Waals surface area contributed by atoms with Crippen LogP contribution in [0.3, 0.4) is 0 Å². The van der Waals surface area contributed by atoms with Crippen molar-refractivity contribution in [3.05, 3.63) is 0 Å². The van der Waals surface area contributed by atoms with Gasteiger partial charge in [-0.2, -0.15) is 0 Å². The molecule has 2 aliphatic carbocycles. The van der Waals surface area contributed by atoms with Gasteiger partial charge in [0, 0.05) is 31.8 Å². The number of hydrogen-bond acceptors (Lipinski definition) is 2. The van der Waals surface area contributed by atoms with E-state index >= 15 is 0 Å². The molecule has 0 spiro atoms. The van der Waals surface area contributed by atoms with Crippen LogP contribution in [0, 0.1) is 23.7 Å². The van der Waals surface area contributed by atoms with Crippen LogP contribution >= 0.6 is 0 Å². The topological polar surface area (TPSA) is 57.6 Å². The van der Waals surface area contributed by atoms with E-state index in [1.165, 1.54) is 0 Å². The lowest BCUT2D eigenvalue weighted by atomic mass is 9.86. The second kappa shape index (κ2) is 5.21. The van der Waals surface area contributed by atoms with Gasteiger partial charge in [0.15, 0.2) is 0 Å². The van der Waals surface area contributed by atoms with E-state index in [0.717, 1.165) is 12.8 Å². The molecule has 0 bridgehead atoms. The number of halogens is 2. The summed E-state index contributed by atoms with van der Waals surface area (Å²) in [5, 5.41) is 9.30. The van der Waals surface area contributed by atoms with E-state index in [0.29, 0.717) is 12.5 Å². The quantitative estimate of drug-likeness (QED) is 0.870. The molecule has 2 atom stereocenters. The van der Waals surface area contributed by atoms with E-state index in [-0.39, 0.29) is 50.0 Å². The molecular weight excluding hydrogens is 280 g/mol. The molecule has 118 valence electrons. The minimum atomic E-state index is -2.64. The van der Waals surface area contributed by atoms with Gasteiger partial charge in [-0.1, -0.05) is 0 Å². The molecule has 0 unspecified atom stereocenters. The second-order valence-electron chi connectivity index (χ2n) is 6.82. The third kappa shape index (κ3) is 3.04. The fourth-order valence-electron chi connectivity index (χ4n) is 3.82. The summed E-state index contributed by atoms with van der Waals surface area (Å²) >= 11 is 0. The van der Waals surface area contributed by atoms with E-state index in [2.05, 4.69) is 0 Å². The van der Waals surface area contributed by atoms with Crippen molar-refractivity contribution in [1.29, 1.82) is 0 Å². The first-order chi connectivity index (χ1) is 9.87. The van der Waals surface area contributed by atoms with E-state index in [9.17, 15) is 23.5 Å². The first-order valence-electron chi connectivity index (χ1n) is 7.77. The molecule has 21 heavy (non-hydrogen) atoms. The number of rotatable bonds is 3. The van der Waals surface area contributed by atoms with Gasteiger partial charge in [-0.25, -0.2) is 8.78 Å². The van der Waals surface area contributed by atoms with Gasteiger partial charge in [-0.3, -0.25) is 9.59 Å². The summed E-state index contributed by atoms with van der Waals surface area (Å²) in [4.78, 5) is 25.4.